The number of terminal acetylenes is 1. The average Bonchev–Trinajstić information content (AvgIpc) is 2.82. The number of fused-ring (bicyclic) bond motifs is 1. The molecular formula is C14H13NO3. The highest BCUT2D eigenvalue weighted by molar-refractivity contribution is 5.97. The lowest BCUT2D eigenvalue weighted by Crippen LogP contribution is -2.23. The summed E-state index contributed by atoms with van der Waals surface area (Å²) in [7, 11) is 1.56. The number of ether oxygens (including phenoxy) is 1. The van der Waals surface area contributed by atoms with Crippen LogP contribution in [-0.2, 0) is 0 Å². The van der Waals surface area contributed by atoms with E-state index < -0.39 is 0 Å². The normalized spacial score (nSPS) is 10.0. The lowest BCUT2D eigenvalue weighted by atomic mass is 10.2. The predicted octanol–water partition coefficient (Wildman–Crippen LogP) is 2.19. The summed E-state index contributed by atoms with van der Waals surface area (Å²) >= 11 is 0. The van der Waals surface area contributed by atoms with E-state index in [0.717, 1.165) is 5.39 Å². The van der Waals surface area contributed by atoms with Gasteiger partial charge in [0.25, 0.3) is 5.91 Å². The number of carbonyl (C=O) groups excluding carboxylic acids is 1. The summed E-state index contributed by atoms with van der Waals surface area (Å²) < 4.78 is 10.7. The number of amides is 1. The van der Waals surface area contributed by atoms with Crippen molar-refractivity contribution in [3.63, 3.8) is 0 Å². The molecule has 4 heteroatoms. The largest absolute Gasteiger partial charge is 0.493 e. The molecule has 0 saturated carbocycles. The van der Waals surface area contributed by atoms with Gasteiger partial charge in [0.15, 0.2) is 17.1 Å². The number of hydrogen-bond acceptors (Lipinski definition) is 3. The van der Waals surface area contributed by atoms with Crippen LogP contribution in [0.4, 0.5) is 0 Å². The number of benzene rings is 1. The fraction of sp³-hybridized carbons (Fsp3) is 0.214. The van der Waals surface area contributed by atoms with Crippen LogP contribution >= 0.6 is 0 Å². The zero-order chi connectivity index (χ0) is 13.0. The van der Waals surface area contributed by atoms with Gasteiger partial charge in [0.1, 0.15) is 0 Å². The topological polar surface area (TPSA) is 51.5 Å². The molecule has 1 aromatic heterocycles. The summed E-state index contributed by atoms with van der Waals surface area (Å²) in [5.41, 5.74) is 0.571. The molecule has 2 aromatic rings. The molecule has 0 aliphatic carbocycles. The van der Waals surface area contributed by atoms with Crippen LogP contribution in [0, 0.1) is 12.3 Å². The molecule has 0 bridgehead atoms. The Morgan fingerprint density at radius 3 is 3.11 bits per heavy atom. The highest BCUT2D eigenvalue weighted by Gasteiger charge is 2.13. The van der Waals surface area contributed by atoms with Crippen molar-refractivity contribution in [2.75, 3.05) is 13.7 Å². The average molecular weight is 243 g/mol. The van der Waals surface area contributed by atoms with Crippen molar-refractivity contribution in [1.82, 2.24) is 5.32 Å². The number of rotatable bonds is 4. The molecule has 1 amide bonds. The zero-order valence-electron chi connectivity index (χ0n) is 10.0. The molecule has 0 spiro atoms. The maximum absolute atomic E-state index is 11.8. The first-order chi connectivity index (χ1) is 8.76. The molecule has 18 heavy (non-hydrogen) atoms. The van der Waals surface area contributed by atoms with Crippen LogP contribution in [0.15, 0.2) is 28.7 Å². The Labute approximate surface area is 105 Å². The van der Waals surface area contributed by atoms with Crippen LogP contribution in [0.25, 0.3) is 11.0 Å². The minimum absolute atomic E-state index is 0.256. The van der Waals surface area contributed by atoms with Crippen molar-refractivity contribution >= 4 is 16.9 Å². The van der Waals surface area contributed by atoms with Crippen molar-refractivity contribution in [3.8, 4) is 18.1 Å². The van der Waals surface area contributed by atoms with Crippen LogP contribution in [0.3, 0.4) is 0 Å². The van der Waals surface area contributed by atoms with E-state index in [1.165, 1.54) is 0 Å². The van der Waals surface area contributed by atoms with E-state index in [1.807, 2.05) is 12.1 Å². The molecule has 2 rings (SSSR count). The standard InChI is InChI=1S/C14H13NO3/c1-3-4-8-15-14(16)12-9-10-6-5-7-11(17-2)13(10)18-12/h1,5-7,9H,4,8H2,2H3,(H,15,16). The second-order valence-corrected chi connectivity index (χ2v) is 3.70. The van der Waals surface area contributed by atoms with E-state index >= 15 is 0 Å². The maximum Gasteiger partial charge on any atom is 0.287 e. The molecule has 4 nitrogen and oxygen atoms in total. The summed E-state index contributed by atoms with van der Waals surface area (Å²) in [6, 6.07) is 7.17. The van der Waals surface area contributed by atoms with Crippen LogP contribution in [0.1, 0.15) is 17.0 Å². The lowest BCUT2D eigenvalue weighted by molar-refractivity contribution is 0.0929. The van der Waals surface area contributed by atoms with Gasteiger partial charge in [-0.3, -0.25) is 4.79 Å². The van der Waals surface area contributed by atoms with Gasteiger partial charge in [-0.2, -0.15) is 0 Å². The molecule has 0 saturated heterocycles. The monoisotopic (exact) mass is 243 g/mol. The maximum atomic E-state index is 11.8. The van der Waals surface area contributed by atoms with Crippen LogP contribution in [-0.4, -0.2) is 19.6 Å². The Bertz CT molecular complexity index is 607. The highest BCUT2D eigenvalue weighted by Crippen LogP contribution is 2.28. The van der Waals surface area contributed by atoms with Gasteiger partial charge < -0.3 is 14.5 Å². The SMILES string of the molecule is C#CCCNC(=O)c1cc2cccc(OC)c2o1. The van der Waals surface area contributed by atoms with Gasteiger partial charge in [-0.15, -0.1) is 12.3 Å². The summed E-state index contributed by atoms with van der Waals surface area (Å²) in [4.78, 5) is 11.8. The number of hydrogen-bond donors (Lipinski definition) is 1. The fourth-order valence-corrected chi connectivity index (χ4v) is 1.64. The summed E-state index contributed by atoms with van der Waals surface area (Å²) in [6.07, 6.45) is 5.61. The van der Waals surface area contributed by atoms with Crippen molar-refractivity contribution in [2.24, 2.45) is 0 Å². The molecule has 1 heterocycles. The number of carbonyl (C=O) groups is 1. The first-order valence-electron chi connectivity index (χ1n) is 5.54. The number of nitrogens with one attached hydrogen (secondary N) is 1. The van der Waals surface area contributed by atoms with Crippen molar-refractivity contribution in [2.45, 2.75) is 6.42 Å². The third-order valence-electron chi connectivity index (χ3n) is 2.51. The van der Waals surface area contributed by atoms with Gasteiger partial charge in [-0.05, 0) is 12.1 Å². The fourth-order valence-electron chi connectivity index (χ4n) is 1.64. The zero-order valence-corrected chi connectivity index (χ0v) is 10.0. The second-order valence-electron chi connectivity index (χ2n) is 3.70. The van der Waals surface area contributed by atoms with E-state index in [1.54, 1.807) is 19.2 Å². The number of para-hydroxylation sites is 1. The van der Waals surface area contributed by atoms with E-state index in [9.17, 15) is 4.79 Å². The number of furan rings is 1. The minimum atomic E-state index is -0.275. The third kappa shape index (κ3) is 2.30. The van der Waals surface area contributed by atoms with Crippen LogP contribution in [0.2, 0.25) is 0 Å². The molecule has 0 atom stereocenters. The van der Waals surface area contributed by atoms with E-state index in [0.29, 0.717) is 24.3 Å². The van der Waals surface area contributed by atoms with Crippen molar-refractivity contribution < 1.29 is 13.9 Å². The number of methoxy groups -OCH3 is 1. The minimum Gasteiger partial charge on any atom is -0.493 e. The molecule has 0 aliphatic rings. The Balaban J connectivity index is 2.25. The van der Waals surface area contributed by atoms with Gasteiger partial charge in [-0.25, -0.2) is 0 Å². The predicted molar refractivity (Wildman–Crippen MR) is 68.5 cm³/mol. The first-order valence-corrected chi connectivity index (χ1v) is 5.54. The Morgan fingerprint density at radius 2 is 2.39 bits per heavy atom. The van der Waals surface area contributed by atoms with Gasteiger partial charge in [-0.1, -0.05) is 12.1 Å². The Kier molecular flexibility index (Phi) is 3.54. The highest BCUT2D eigenvalue weighted by atomic mass is 16.5. The van der Waals surface area contributed by atoms with Gasteiger partial charge in [0.2, 0.25) is 0 Å². The summed E-state index contributed by atoms with van der Waals surface area (Å²) in [5, 5.41) is 3.51. The van der Waals surface area contributed by atoms with E-state index in [-0.39, 0.29) is 11.7 Å². The van der Waals surface area contributed by atoms with Gasteiger partial charge in [0.05, 0.1) is 7.11 Å². The molecule has 0 fully saturated rings. The Morgan fingerprint density at radius 1 is 1.56 bits per heavy atom. The molecule has 1 N–H and O–H groups in total. The molecule has 0 unspecified atom stereocenters. The molecule has 1 aromatic carbocycles. The summed E-state index contributed by atoms with van der Waals surface area (Å²) in [6.45, 7) is 0.434. The van der Waals surface area contributed by atoms with Gasteiger partial charge >= 0.3 is 0 Å². The Hall–Kier alpha value is -2.41. The molecule has 0 radical (unpaired) electrons. The molecular weight excluding hydrogens is 230 g/mol. The van der Waals surface area contributed by atoms with E-state index in [4.69, 9.17) is 15.6 Å². The third-order valence-corrected chi connectivity index (χ3v) is 2.51. The van der Waals surface area contributed by atoms with E-state index in [2.05, 4.69) is 11.2 Å². The quantitative estimate of drug-likeness (QED) is 0.661. The van der Waals surface area contributed by atoms with Crippen LogP contribution < -0.4 is 10.1 Å². The summed E-state index contributed by atoms with van der Waals surface area (Å²) in [5.74, 6) is 3.04. The first kappa shape index (κ1) is 12.1. The van der Waals surface area contributed by atoms with Crippen molar-refractivity contribution in [3.05, 3.63) is 30.0 Å². The van der Waals surface area contributed by atoms with Crippen LogP contribution in [0.5, 0.6) is 5.75 Å². The molecule has 92 valence electrons. The van der Waals surface area contributed by atoms with Crippen molar-refractivity contribution in [1.29, 1.82) is 0 Å². The molecule has 0 aliphatic heterocycles. The van der Waals surface area contributed by atoms with Gasteiger partial charge in [0, 0.05) is 18.4 Å². The smallest absolute Gasteiger partial charge is 0.287 e. The second kappa shape index (κ2) is 5.28. The lowest BCUT2D eigenvalue weighted by Gasteiger charge is -1.99.